The molecule has 0 bridgehead atoms. The van der Waals surface area contributed by atoms with Crippen molar-refractivity contribution in [2.75, 3.05) is 11.9 Å². The molecule has 1 aromatic carbocycles. The van der Waals surface area contributed by atoms with Crippen LogP contribution in [0.25, 0.3) is 0 Å². The van der Waals surface area contributed by atoms with Crippen LogP contribution in [0.5, 0.6) is 0 Å². The molecular weight excluding hydrogens is 242 g/mol. The van der Waals surface area contributed by atoms with E-state index in [9.17, 15) is 9.59 Å². The van der Waals surface area contributed by atoms with E-state index in [1.807, 2.05) is 25.1 Å². The number of nitrogens with zero attached hydrogens (tertiary/aromatic N) is 1. The van der Waals surface area contributed by atoms with Gasteiger partial charge in [-0.25, -0.2) is 4.79 Å². The van der Waals surface area contributed by atoms with Crippen LogP contribution in [0.3, 0.4) is 0 Å². The first-order chi connectivity index (χ1) is 8.82. The summed E-state index contributed by atoms with van der Waals surface area (Å²) in [6.07, 6.45) is 1.91. The summed E-state index contributed by atoms with van der Waals surface area (Å²) in [7, 11) is 1.64. The van der Waals surface area contributed by atoms with Crippen molar-refractivity contribution in [3.8, 4) is 0 Å². The molecule has 1 N–H and O–H groups in total. The molecule has 0 aromatic heterocycles. The molecule has 0 aliphatic carbocycles. The van der Waals surface area contributed by atoms with Crippen LogP contribution in [0.1, 0.15) is 30.9 Å². The molecule has 0 aliphatic heterocycles. The quantitative estimate of drug-likeness (QED) is 0.848. The van der Waals surface area contributed by atoms with Gasteiger partial charge in [-0.15, -0.1) is 0 Å². The van der Waals surface area contributed by atoms with Gasteiger partial charge in [-0.1, -0.05) is 26.0 Å². The molecule has 1 amide bonds. The second-order valence-corrected chi connectivity index (χ2v) is 4.77. The molecule has 0 saturated heterocycles. The van der Waals surface area contributed by atoms with Crippen LogP contribution in [-0.4, -0.2) is 24.0 Å². The molecule has 0 saturated carbocycles. The lowest BCUT2D eigenvalue weighted by molar-refractivity contribution is -0.131. The number of carbonyl (C=O) groups excluding carboxylic acids is 1. The molecule has 19 heavy (non-hydrogen) atoms. The van der Waals surface area contributed by atoms with Crippen LogP contribution >= 0.6 is 0 Å². The number of carboxylic acid groups (broad SMARTS) is 1. The van der Waals surface area contributed by atoms with Crippen LogP contribution in [0.15, 0.2) is 30.4 Å². The third-order valence-corrected chi connectivity index (χ3v) is 2.96. The lowest BCUT2D eigenvalue weighted by atomic mass is 10.0. The predicted octanol–water partition coefficient (Wildman–Crippen LogP) is 2.72. The molecular formula is C15H19NO3. The van der Waals surface area contributed by atoms with E-state index in [1.54, 1.807) is 7.05 Å². The number of hydrogen-bond donors (Lipinski definition) is 1. The first kappa shape index (κ1) is 15.0. The van der Waals surface area contributed by atoms with Crippen molar-refractivity contribution in [3.05, 3.63) is 41.5 Å². The Morgan fingerprint density at radius 1 is 1.26 bits per heavy atom. The maximum absolute atomic E-state index is 11.9. The normalized spacial score (nSPS) is 11.0. The maximum Gasteiger partial charge on any atom is 0.328 e. The van der Waals surface area contributed by atoms with Crippen LogP contribution in [-0.2, 0) is 9.59 Å². The number of rotatable bonds is 4. The highest BCUT2D eigenvalue weighted by Gasteiger charge is 2.12. The number of hydrogen-bond acceptors (Lipinski definition) is 2. The average Bonchev–Trinajstić information content (AvgIpc) is 2.35. The van der Waals surface area contributed by atoms with Gasteiger partial charge in [-0.2, -0.15) is 0 Å². The Balaban J connectivity index is 3.04. The van der Waals surface area contributed by atoms with Gasteiger partial charge in [-0.3, -0.25) is 4.79 Å². The second kappa shape index (κ2) is 6.18. The number of aliphatic carboxylic acids is 1. The zero-order chi connectivity index (χ0) is 14.6. The van der Waals surface area contributed by atoms with Gasteiger partial charge in [0.15, 0.2) is 0 Å². The SMILES string of the molecule is Cc1ccc(C(C)C)cc1N(C)C(=O)/C=C/C(=O)O. The third-order valence-electron chi connectivity index (χ3n) is 2.96. The van der Waals surface area contributed by atoms with E-state index in [4.69, 9.17) is 5.11 Å². The van der Waals surface area contributed by atoms with Crippen molar-refractivity contribution < 1.29 is 14.7 Å². The average molecular weight is 261 g/mol. The largest absolute Gasteiger partial charge is 0.478 e. The molecule has 4 nitrogen and oxygen atoms in total. The van der Waals surface area contributed by atoms with Gasteiger partial charge >= 0.3 is 5.97 Å². The molecule has 0 unspecified atom stereocenters. The number of likely N-dealkylation sites (N-methyl/N-ethyl adjacent to an activating group) is 1. The fourth-order valence-corrected chi connectivity index (χ4v) is 1.72. The Morgan fingerprint density at radius 2 is 1.89 bits per heavy atom. The first-order valence-corrected chi connectivity index (χ1v) is 6.12. The standard InChI is InChI=1S/C15H19NO3/c1-10(2)12-6-5-11(3)13(9-12)16(4)14(17)7-8-15(18)19/h5-10H,1-4H3,(H,18,19)/b8-7+. The van der Waals surface area contributed by atoms with Crippen molar-refractivity contribution in [1.82, 2.24) is 0 Å². The molecule has 0 radical (unpaired) electrons. The summed E-state index contributed by atoms with van der Waals surface area (Å²) in [5.41, 5.74) is 2.91. The summed E-state index contributed by atoms with van der Waals surface area (Å²) in [5.74, 6) is -1.11. The minimum Gasteiger partial charge on any atom is -0.478 e. The van der Waals surface area contributed by atoms with Gasteiger partial charge < -0.3 is 10.0 Å². The Labute approximate surface area is 113 Å². The molecule has 1 rings (SSSR count). The van der Waals surface area contributed by atoms with Crippen molar-refractivity contribution in [2.24, 2.45) is 0 Å². The van der Waals surface area contributed by atoms with E-state index < -0.39 is 5.97 Å². The van der Waals surface area contributed by atoms with E-state index in [-0.39, 0.29) is 5.91 Å². The van der Waals surface area contributed by atoms with Crippen LogP contribution < -0.4 is 4.90 Å². The number of amides is 1. The van der Waals surface area contributed by atoms with E-state index in [0.717, 1.165) is 29.0 Å². The van der Waals surface area contributed by atoms with Crippen molar-refractivity contribution in [1.29, 1.82) is 0 Å². The Morgan fingerprint density at radius 3 is 2.42 bits per heavy atom. The zero-order valence-electron chi connectivity index (χ0n) is 11.7. The Bertz CT molecular complexity index is 518. The summed E-state index contributed by atoms with van der Waals surface area (Å²) in [5, 5.41) is 8.53. The highest BCUT2D eigenvalue weighted by molar-refractivity contribution is 6.04. The highest BCUT2D eigenvalue weighted by atomic mass is 16.4. The van der Waals surface area contributed by atoms with Gasteiger partial charge in [0.25, 0.3) is 5.91 Å². The number of aryl methyl sites for hydroxylation is 1. The summed E-state index contributed by atoms with van der Waals surface area (Å²) in [4.78, 5) is 23.7. The van der Waals surface area contributed by atoms with E-state index in [2.05, 4.69) is 13.8 Å². The number of benzene rings is 1. The van der Waals surface area contributed by atoms with Gasteiger partial charge in [0, 0.05) is 24.9 Å². The van der Waals surface area contributed by atoms with Crippen molar-refractivity contribution >= 4 is 17.6 Å². The summed E-state index contributed by atoms with van der Waals surface area (Å²) >= 11 is 0. The molecule has 0 aliphatic rings. The minimum absolute atomic E-state index is 0.355. The van der Waals surface area contributed by atoms with E-state index in [0.29, 0.717) is 5.92 Å². The fourth-order valence-electron chi connectivity index (χ4n) is 1.72. The van der Waals surface area contributed by atoms with Gasteiger partial charge in [0.05, 0.1) is 0 Å². The van der Waals surface area contributed by atoms with Gasteiger partial charge in [0.1, 0.15) is 0 Å². The zero-order valence-corrected chi connectivity index (χ0v) is 11.7. The third kappa shape index (κ3) is 3.95. The first-order valence-electron chi connectivity index (χ1n) is 6.12. The highest BCUT2D eigenvalue weighted by Crippen LogP contribution is 2.25. The molecule has 0 fully saturated rings. The molecule has 0 heterocycles. The number of carbonyl (C=O) groups is 2. The van der Waals surface area contributed by atoms with E-state index in [1.165, 1.54) is 4.90 Å². The minimum atomic E-state index is -1.13. The second-order valence-electron chi connectivity index (χ2n) is 4.77. The molecule has 4 heteroatoms. The molecule has 0 spiro atoms. The molecule has 1 aromatic rings. The monoisotopic (exact) mass is 261 g/mol. The van der Waals surface area contributed by atoms with Gasteiger partial charge in [-0.05, 0) is 30.0 Å². The molecule has 0 atom stereocenters. The smallest absolute Gasteiger partial charge is 0.328 e. The lowest BCUT2D eigenvalue weighted by Gasteiger charge is -2.20. The van der Waals surface area contributed by atoms with Crippen LogP contribution in [0, 0.1) is 6.92 Å². The number of anilines is 1. The lowest BCUT2D eigenvalue weighted by Crippen LogP contribution is -2.25. The topological polar surface area (TPSA) is 57.6 Å². The maximum atomic E-state index is 11.9. The Hall–Kier alpha value is -2.10. The van der Waals surface area contributed by atoms with Crippen LogP contribution in [0.4, 0.5) is 5.69 Å². The summed E-state index contributed by atoms with van der Waals surface area (Å²) in [6.45, 7) is 6.09. The molecule has 102 valence electrons. The summed E-state index contributed by atoms with van der Waals surface area (Å²) in [6, 6.07) is 5.97. The van der Waals surface area contributed by atoms with Gasteiger partial charge in [0.2, 0.25) is 0 Å². The van der Waals surface area contributed by atoms with E-state index >= 15 is 0 Å². The van der Waals surface area contributed by atoms with Crippen LogP contribution in [0.2, 0.25) is 0 Å². The number of carboxylic acids is 1. The fraction of sp³-hybridized carbons (Fsp3) is 0.333. The predicted molar refractivity (Wildman–Crippen MR) is 75.5 cm³/mol. The van der Waals surface area contributed by atoms with Crippen molar-refractivity contribution in [2.45, 2.75) is 26.7 Å². The Kier molecular flexibility index (Phi) is 4.87. The summed E-state index contributed by atoms with van der Waals surface area (Å²) < 4.78 is 0. The van der Waals surface area contributed by atoms with Crippen molar-refractivity contribution in [3.63, 3.8) is 0 Å².